The normalized spacial score (nSPS) is 17.9. The SMILES string of the molecule is O=C(Cc1cccnc1)Nc1cccc(OCCCN2CCOC(C3COCCN3CCCOc3ccc(NC(=O)Nc4ccccc4)cc3)C2)c1. The second-order valence-corrected chi connectivity index (χ2v) is 12.9. The number of carbonyl (C=O) groups excluding carboxylic acids is 2. The maximum Gasteiger partial charge on any atom is 0.323 e. The van der Waals surface area contributed by atoms with E-state index in [4.69, 9.17) is 18.9 Å². The highest BCUT2D eigenvalue weighted by Gasteiger charge is 2.34. The molecule has 2 atom stereocenters. The lowest BCUT2D eigenvalue weighted by molar-refractivity contribution is -0.115. The molecule has 0 spiro atoms. The van der Waals surface area contributed by atoms with Gasteiger partial charge in [0.15, 0.2) is 0 Å². The lowest BCUT2D eigenvalue weighted by Crippen LogP contribution is -2.58. The van der Waals surface area contributed by atoms with Crippen molar-refractivity contribution in [1.29, 1.82) is 0 Å². The molecule has 0 bridgehead atoms. The minimum Gasteiger partial charge on any atom is -0.494 e. The van der Waals surface area contributed by atoms with Crippen LogP contribution in [0.2, 0.25) is 0 Å². The van der Waals surface area contributed by atoms with Gasteiger partial charge in [0.05, 0.1) is 51.6 Å². The predicted octanol–water partition coefficient (Wildman–Crippen LogP) is 5.55. The smallest absolute Gasteiger partial charge is 0.323 e. The van der Waals surface area contributed by atoms with E-state index in [1.165, 1.54) is 0 Å². The number of rotatable bonds is 16. The standard InChI is InChI=1S/C40H48N6O6/c47-39(26-31-8-5-17-41-28-31)42-34-11-4-12-36(27-34)51-22-6-18-45-20-25-52-38(29-45)37-30-49-24-21-46(37)19-7-23-50-35-15-13-33(14-16-35)44-40(48)43-32-9-2-1-3-10-32/h1-5,8-17,27-28,37-38H,6-7,18-26,29-30H2,(H,42,47)(H2,43,44,48). The summed E-state index contributed by atoms with van der Waals surface area (Å²) in [5, 5.41) is 8.60. The number of morpholine rings is 2. The summed E-state index contributed by atoms with van der Waals surface area (Å²) in [6.07, 6.45) is 5.49. The fourth-order valence-corrected chi connectivity index (χ4v) is 6.39. The lowest BCUT2D eigenvalue weighted by Gasteiger charge is -2.43. The molecule has 2 fully saturated rings. The third-order valence-electron chi connectivity index (χ3n) is 8.98. The van der Waals surface area contributed by atoms with Gasteiger partial charge in [0.2, 0.25) is 5.91 Å². The third-order valence-corrected chi connectivity index (χ3v) is 8.98. The number of carbonyl (C=O) groups is 2. The summed E-state index contributed by atoms with van der Waals surface area (Å²) < 4.78 is 24.3. The van der Waals surface area contributed by atoms with Crippen LogP contribution < -0.4 is 25.4 Å². The van der Waals surface area contributed by atoms with Crippen LogP contribution in [0.3, 0.4) is 0 Å². The molecule has 3 aromatic carbocycles. The number of urea groups is 1. The Kier molecular flexibility index (Phi) is 13.8. The highest BCUT2D eigenvalue weighted by atomic mass is 16.5. The van der Waals surface area contributed by atoms with Crippen LogP contribution in [0.4, 0.5) is 21.9 Å². The summed E-state index contributed by atoms with van der Waals surface area (Å²) in [5.74, 6) is 1.40. The number of benzene rings is 3. The number of aromatic nitrogens is 1. The zero-order valence-electron chi connectivity index (χ0n) is 29.5. The molecule has 3 heterocycles. The van der Waals surface area contributed by atoms with Crippen molar-refractivity contribution in [3.05, 3.63) is 109 Å². The van der Waals surface area contributed by atoms with Crippen LogP contribution >= 0.6 is 0 Å². The molecular formula is C40H48N6O6. The van der Waals surface area contributed by atoms with Crippen molar-refractivity contribution >= 4 is 29.0 Å². The Hall–Kier alpha value is -5.01. The zero-order chi connectivity index (χ0) is 35.8. The first-order valence-electron chi connectivity index (χ1n) is 18.0. The Labute approximate surface area is 305 Å². The highest BCUT2D eigenvalue weighted by Crippen LogP contribution is 2.21. The second kappa shape index (κ2) is 19.6. The Morgan fingerprint density at radius 2 is 1.54 bits per heavy atom. The molecular weight excluding hydrogens is 660 g/mol. The van der Waals surface area contributed by atoms with Gasteiger partial charge >= 0.3 is 6.03 Å². The molecule has 4 aromatic rings. The number of hydrogen-bond donors (Lipinski definition) is 3. The summed E-state index contributed by atoms with van der Waals surface area (Å²) >= 11 is 0. The van der Waals surface area contributed by atoms with E-state index in [1.807, 2.05) is 91.0 Å². The van der Waals surface area contributed by atoms with Crippen molar-refractivity contribution < 1.29 is 28.5 Å². The van der Waals surface area contributed by atoms with Gasteiger partial charge in [0.1, 0.15) is 11.5 Å². The van der Waals surface area contributed by atoms with Gasteiger partial charge in [-0.2, -0.15) is 0 Å². The van der Waals surface area contributed by atoms with Crippen LogP contribution in [-0.2, 0) is 20.7 Å². The van der Waals surface area contributed by atoms with E-state index in [0.717, 1.165) is 68.3 Å². The van der Waals surface area contributed by atoms with Gasteiger partial charge in [-0.05, 0) is 73.0 Å². The monoisotopic (exact) mass is 708 g/mol. The molecule has 1 aromatic heterocycles. The van der Waals surface area contributed by atoms with Gasteiger partial charge in [-0.3, -0.25) is 19.6 Å². The largest absolute Gasteiger partial charge is 0.494 e. The predicted molar refractivity (Wildman–Crippen MR) is 201 cm³/mol. The van der Waals surface area contributed by atoms with Crippen molar-refractivity contribution in [2.75, 3.05) is 81.7 Å². The first kappa shape index (κ1) is 36.8. The summed E-state index contributed by atoms with van der Waals surface area (Å²) in [7, 11) is 0. The molecule has 52 heavy (non-hydrogen) atoms. The zero-order valence-corrected chi connectivity index (χ0v) is 29.5. The maximum absolute atomic E-state index is 12.5. The van der Waals surface area contributed by atoms with Gasteiger partial charge in [0, 0.05) is 68.2 Å². The molecule has 274 valence electrons. The highest BCUT2D eigenvalue weighted by molar-refractivity contribution is 5.99. The van der Waals surface area contributed by atoms with E-state index in [0.29, 0.717) is 44.4 Å². The number of pyridine rings is 1. The number of anilines is 3. The summed E-state index contributed by atoms with van der Waals surface area (Å²) in [5.41, 5.74) is 3.00. The first-order chi connectivity index (χ1) is 25.6. The molecule has 0 saturated carbocycles. The van der Waals surface area contributed by atoms with E-state index in [-0.39, 0.29) is 30.5 Å². The van der Waals surface area contributed by atoms with Crippen LogP contribution in [0.5, 0.6) is 11.5 Å². The molecule has 2 unspecified atom stereocenters. The fraction of sp³-hybridized carbons (Fsp3) is 0.375. The van der Waals surface area contributed by atoms with Crippen LogP contribution in [0, 0.1) is 0 Å². The molecule has 0 aliphatic carbocycles. The molecule has 6 rings (SSSR count). The Morgan fingerprint density at radius 1 is 0.769 bits per heavy atom. The number of hydrogen-bond acceptors (Lipinski definition) is 9. The maximum atomic E-state index is 12.5. The van der Waals surface area contributed by atoms with E-state index in [2.05, 4.69) is 30.7 Å². The van der Waals surface area contributed by atoms with Crippen LogP contribution in [0.1, 0.15) is 18.4 Å². The number of amides is 3. The second-order valence-electron chi connectivity index (χ2n) is 12.9. The molecule has 2 saturated heterocycles. The summed E-state index contributed by atoms with van der Waals surface area (Å²) in [6, 6.07) is 27.9. The van der Waals surface area contributed by atoms with Crippen LogP contribution in [0.15, 0.2) is 103 Å². The van der Waals surface area contributed by atoms with Gasteiger partial charge in [0.25, 0.3) is 0 Å². The van der Waals surface area contributed by atoms with Gasteiger partial charge < -0.3 is 34.9 Å². The van der Waals surface area contributed by atoms with Gasteiger partial charge in [-0.15, -0.1) is 0 Å². The number of para-hydroxylation sites is 1. The summed E-state index contributed by atoms with van der Waals surface area (Å²) in [4.78, 5) is 33.7. The topological polar surface area (TPSA) is 127 Å². The average Bonchev–Trinajstić information content (AvgIpc) is 3.17. The summed E-state index contributed by atoms with van der Waals surface area (Å²) in [6.45, 7) is 7.65. The molecule has 12 nitrogen and oxygen atoms in total. The van der Waals surface area contributed by atoms with Gasteiger partial charge in [-0.1, -0.05) is 30.3 Å². The van der Waals surface area contributed by atoms with E-state index >= 15 is 0 Å². The van der Waals surface area contributed by atoms with Gasteiger partial charge in [-0.25, -0.2) is 4.79 Å². The van der Waals surface area contributed by atoms with Crippen molar-refractivity contribution in [2.45, 2.75) is 31.4 Å². The fourth-order valence-electron chi connectivity index (χ4n) is 6.39. The Bertz CT molecular complexity index is 1680. The number of nitrogens with zero attached hydrogens (tertiary/aromatic N) is 3. The number of ether oxygens (including phenoxy) is 4. The van der Waals surface area contributed by atoms with Crippen molar-refractivity contribution in [3.63, 3.8) is 0 Å². The van der Waals surface area contributed by atoms with Crippen molar-refractivity contribution in [3.8, 4) is 11.5 Å². The molecule has 12 heteroatoms. The van der Waals surface area contributed by atoms with Crippen molar-refractivity contribution in [1.82, 2.24) is 14.8 Å². The third kappa shape index (κ3) is 11.8. The quantitative estimate of drug-likeness (QED) is 0.129. The minimum absolute atomic E-state index is 0.0713. The van der Waals surface area contributed by atoms with E-state index in [9.17, 15) is 9.59 Å². The number of nitrogens with one attached hydrogen (secondary N) is 3. The molecule has 3 N–H and O–H groups in total. The van der Waals surface area contributed by atoms with E-state index in [1.54, 1.807) is 12.4 Å². The first-order valence-corrected chi connectivity index (χ1v) is 18.0. The minimum atomic E-state index is -0.293. The lowest BCUT2D eigenvalue weighted by atomic mass is 10.1. The van der Waals surface area contributed by atoms with Crippen molar-refractivity contribution in [2.24, 2.45) is 0 Å². The molecule has 2 aliphatic rings. The Morgan fingerprint density at radius 3 is 2.35 bits per heavy atom. The van der Waals surface area contributed by atoms with E-state index < -0.39 is 0 Å². The Balaban J connectivity index is 0.876. The average molecular weight is 709 g/mol. The molecule has 0 radical (unpaired) electrons. The van der Waals surface area contributed by atoms with Crippen LogP contribution in [-0.4, -0.2) is 105 Å². The van der Waals surface area contributed by atoms with Crippen LogP contribution in [0.25, 0.3) is 0 Å². The molecule has 2 aliphatic heterocycles. The molecule has 3 amide bonds.